The second-order valence-corrected chi connectivity index (χ2v) is 10.7. The first kappa shape index (κ1) is 26.3. The van der Waals surface area contributed by atoms with Gasteiger partial charge in [0, 0.05) is 16.8 Å². The fraction of sp³-hybridized carbons (Fsp3) is 0.214. The zero-order chi connectivity index (χ0) is 27.7. The van der Waals surface area contributed by atoms with Crippen molar-refractivity contribution in [2.24, 2.45) is 0 Å². The van der Waals surface area contributed by atoms with Crippen molar-refractivity contribution in [3.8, 4) is 17.5 Å². The monoisotopic (exact) mass is 548 g/mol. The molecule has 1 heterocycles. The van der Waals surface area contributed by atoms with Crippen molar-refractivity contribution in [3.05, 3.63) is 100 Å². The molecule has 0 bridgehead atoms. The molecule has 1 amide bonds. The average molecular weight is 549 g/mol. The maximum Gasteiger partial charge on any atom is 0.257 e. The lowest BCUT2D eigenvalue weighted by Crippen LogP contribution is -2.18. The van der Waals surface area contributed by atoms with Crippen molar-refractivity contribution in [1.29, 1.82) is 5.26 Å². The van der Waals surface area contributed by atoms with Gasteiger partial charge in [-0.3, -0.25) is 4.79 Å². The Balaban J connectivity index is 1.31. The summed E-state index contributed by atoms with van der Waals surface area (Å²) in [6.07, 6.45) is 0.807. The van der Waals surface area contributed by atoms with Crippen LogP contribution < -0.4 is 5.32 Å². The number of amides is 1. The standard InChI is InChI=1S/C28H22F2N4O4S/c1-16(39(36)37)19-6-2-17(3-7-19)12-24(35)32-21-13-22(29)25(23(30)14-21)28(10-11-28)27-33-26(38-34-27)20-8-4-18(15-31)5-9-20/h2-9,13-14,16H,10-12H2,1H3,(H,32,35)(H,36,37). The molecule has 1 aromatic heterocycles. The van der Waals surface area contributed by atoms with E-state index in [9.17, 15) is 13.6 Å². The molecule has 8 nitrogen and oxygen atoms in total. The Labute approximate surface area is 225 Å². The highest BCUT2D eigenvalue weighted by molar-refractivity contribution is 7.79. The van der Waals surface area contributed by atoms with Crippen LogP contribution in [0, 0.1) is 23.0 Å². The number of carbonyl (C=O) groups is 1. The molecule has 0 aliphatic heterocycles. The molecule has 0 spiro atoms. The van der Waals surface area contributed by atoms with Gasteiger partial charge in [0.15, 0.2) is 16.9 Å². The number of hydrogen-bond donors (Lipinski definition) is 2. The molecule has 1 aliphatic carbocycles. The molecule has 1 aliphatic rings. The van der Waals surface area contributed by atoms with E-state index < -0.39 is 39.3 Å². The Morgan fingerprint density at radius 1 is 1.15 bits per heavy atom. The van der Waals surface area contributed by atoms with Crippen LogP contribution in [0.3, 0.4) is 0 Å². The van der Waals surface area contributed by atoms with Gasteiger partial charge < -0.3 is 14.4 Å². The summed E-state index contributed by atoms with van der Waals surface area (Å²) in [7, 11) is 0. The minimum absolute atomic E-state index is 0.0261. The normalized spacial score (nSPS) is 15.3. The van der Waals surface area contributed by atoms with E-state index in [-0.39, 0.29) is 29.4 Å². The number of anilines is 1. The Bertz CT molecular complexity index is 1590. The number of carbonyl (C=O) groups excluding carboxylic acids is 1. The van der Waals surface area contributed by atoms with Gasteiger partial charge in [-0.15, -0.1) is 0 Å². The summed E-state index contributed by atoms with van der Waals surface area (Å²) < 4.78 is 56.3. The Kier molecular flexibility index (Phi) is 7.08. The van der Waals surface area contributed by atoms with Gasteiger partial charge in [0.1, 0.15) is 11.6 Å². The number of halogens is 2. The molecule has 0 radical (unpaired) electrons. The van der Waals surface area contributed by atoms with E-state index in [4.69, 9.17) is 9.78 Å². The van der Waals surface area contributed by atoms with Gasteiger partial charge >= 0.3 is 0 Å². The molecule has 5 rings (SSSR count). The van der Waals surface area contributed by atoms with E-state index in [0.29, 0.717) is 35.1 Å². The average Bonchev–Trinajstić information content (AvgIpc) is 3.54. The predicted octanol–water partition coefficient (Wildman–Crippen LogP) is 5.43. The van der Waals surface area contributed by atoms with E-state index in [1.807, 2.05) is 6.07 Å². The van der Waals surface area contributed by atoms with Crippen LogP contribution in [0.1, 0.15) is 53.1 Å². The smallest absolute Gasteiger partial charge is 0.257 e. The van der Waals surface area contributed by atoms with Crippen LogP contribution in [0.4, 0.5) is 14.5 Å². The summed E-state index contributed by atoms with van der Waals surface area (Å²) in [6, 6.07) is 17.3. The second-order valence-electron chi connectivity index (χ2n) is 9.39. The van der Waals surface area contributed by atoms with E-state index in [2.05, 4.69) is 15.5 Å². The zero-order valence-electron chi connectivity index (χ0n) is 20.6. The van der Waals surface area contributed by atoms with Crippen molar-refractivity contribution in [2.45, 2.75) is 36.9 Å². The number of nitrogens with one attached hydrogen (secondary N) is 1. The number of nitrogens with zero attached hydrogens (tertiary/aromatic N) is 3. The number of nitriles is 1. The van der Waals surface area contributed by atoms with Gasteiger partial charge in [0.2, 0.25) is 5.91 Å². The van der Waals surface area contributed by atoms with Crippen LogP contribution in [-0.4, -0.2) is 24.8 Å². The molecular weight excluding hydrogens is 526 g/mol. The molecule has 1 saturated carbocycles. The Hall–Kier alpha value is -4.27. The summed E-state index contributed by atoms with van der Waals surface area (Å²) in [6.45, 7) is 1.61. The van der Waals surface area contributed by atoms with Crippen molar-refractivity contribution in [3.63, 3.8) is 0 Å². The molecule has 1 fully saturated rings. The molecular formula is C28H22F2N4O4S. The molecule has 3 aromatic carbocycles. The van der Waals surface area contributed by atoms with Gasteiger partial charge in [0.25, 0.3) is 5.89 Å². The second kappa shape index (κ2) is 10.5. The van der Waals surface area contributed by atoms with Crippen molar-refractivity contribution in [1.82, 2.24) is 10.1 Å². The van der Waals surface area contributed by atoms with Crippen LogP contribution >= 0.6 is 0 Å². The van der Waals surface area contributed by atoms with Gasteiger partial charge in [-0.2, -0.15) is 10.2 Å². The van der Waals surface area contributed by atoms with E-state index in [0.717, 1.165) is 12.1 Å². The molecule has 198 valence electrons. The summed E-state index contributed by atoms with van der Waals surface area (Å²) in [5, 5.41) is 14.9. The molecule has 4 aromatic rings. The van der Waals surface area contributed by atoms with Crippen molar-refractivity contribution in [2.75, 3.05) is 5.32 Å². The minimum atomic E-state index is -2.01. The van der Waals surface area contributed by atoms with Crippen LogP contribution in [0.15, 0.2) is 65.2 Å². The van der Waals surface area contributed by atoms with Crippen LogP contribution in [-0.2, 0) is 27.7 Å². The maximum atomic E-state index is 15.3. The van der Waals surface area contributed by atoms with E-state index in [1.165, 1.54) is 0 Å². The third kappa shape index (κ3) is 5.34. The molecule has 39 heavy (non-hydrogen) atoms. The lowest BCUT2D eigenvalue weighted by molar-refractivity contribution is -0.115. The lowest BCUT2D eigenvalue weighted by atomic mass is 9.93. The zero-order valence-corrected chi connectivity index (χ0v) is 21.5. The van der Waals surface area contributed by atoms with Crippen molar-refractivity contribution >= 4 is 22.7 Å². The van der Waals surface area contributed by atoms with Crippen LogP contribution in [0.25, 0.3) is 11.5 Å². The summed E-state index contributed by atoms with van der Waals surface area (Å²) >= 11 is -2.01. The highest BCUT2D eigenvalue weighted by Gasteiger charge is 2.53. The minimum Gasteiger partial charge on any atom is -0.334 e. The summed E-state index contributed by atoms with van der Waals surface area (Å²) in [4.78, 5) is 16.9. The fourth-order valence-corrected chi connectivity index (χ4v) is 4.84. The third-order valence-corrected chi connectivity index (χ3v) is 7.66. The first-order valence-electron chi connectivity index (χ1n) is 12.0. The third-order valence-electron chi connectivity index (χ3n) is 6.79. The Morgan fingerprint density at radius 3 is 2.36 bits per heavy atom. The maximum absolute atomic E-state index is 15.3. The predicted molar refractivity (Wildman–Crippen MR) is 139 cm³/mol. The Morgan fingerprint density at radius 2 is 1.79 bits per heavy atom. The first-order valence-corrected chi connectivity index (χ1v) is 13.2. The summed E-state index contributed by atoms with van der Waals surface area (Å²) in [5.74, 6) is -1.79. The lowest BCUT2D eigenvalue weighted by Gasteiger charge is -2.15. The van der Waals surface area contributed by atoms with Gasteiger partial charge in [-0.25, -0.2) is 13.0 Å². The van der Waals surface area contributed by atoms with Crippen molar-refractivity contribution < 1.29 is 26.9 Å². The molecule has 2 N–H and O–H groups in total. The molecule has 11 heteroatoms. The number of aromatic nitrogens is 2. The summed E-state index contributed by atoms with van der Waals surface area (Å²) in [5.41, 5.74) is 1.06. The molecule has 0 saturated heterocycles. The quantitative estimate of drug-likeness (QED) is 0.281. The van der Waals surface area contributed by atoms with Gasteiger partial charge in [-0.1, -0.05) is 29.4 Å². The fourth-order valence-electron chi connectivity index (χ4n) is 4.45. The number of rotatable bonds is 8. The molecule has 2 atom stereocenters. The topological polar surface area (TPSA) is 129 Å². The SMILES string of the molecule is CC(c1ccc(CC(=O)Nc2cc(F)c(C3(c4noc(-c5ccc(C#N)cc5)n4)CC3)c(F)c2)cc1)S(=O)O. The highest BCUT2D eigenvalue weighted by Crippen LogP contribution is 2.54. The highest BCUT2D eigenvalue weighted by atomic mass is 32.2. The van der Waals surface area contributed by atoms with Gasteiger partial charge in [0.05, 0.1) is 28.7 Å². The first-order chi connectivity index (χ1) is 18.7. The number of hydrogen-bond acceptors (Lipinski definition) is 6. The van der Waals surface area contributed by atoms with Crippen LogP contribution in [0.5, 0.6) is 0 Å². The van der Waals surface area contributed by atoms with E-state index in [1.54, 1.807) is 55.5 Å². The largest absolute Gasteiger partial charge is 0.334 e. The van der Waals surface area contributed by atoms with Crippen LogP contribution in [0.2, 0.25) is 0 Å². The molecule has 2 unspecified atom stereocenters. The van der Waals surface area contributed by atoms with Gasteiger partial charge in [-0.05, 0) is 67.3 Å². The van der Waals surface area contributed by atoms with E-state index >= 15 is 8.78 Å². The number of benzene rings is 3.